The molecule has 1 spiro atoms. The molecule has 5 atom stereocenters. The van der Waals surface area contributed by atoms with E-state index in [4.69, 9.17) is 16.3 Å². The number of fused-ring (bicyclic) bond motifs is 4. The molecule has 40 heavy (non-hydrogen) atoms. The molecule has 2 heterocycles. The molecule has 0 radical (unpaired) electrons. The molecule has 2 aliphatic heterocycles. The number of aliphatic hydroxyl groups is 1. The molecular formula is C31H37ClN2O5S. The number of carbonyl (C=O) groups is 1. The quantitative estimate of drug-likeness (QED) is 0.423. The topological polar surface area (TPSA) is 95.9 Å². The third-order valence-electron chi connectivity index (χ3n) is 9.51. The Bertz CT molecular complexity index is 1440. The van der Waals surface area contributed by atoms with E-state index in [1.807, 2.05) is 18.2 Å². The number of ether oxygens (including phenoxy) is 1. The average molecular weight is 585 g/mol. The number of anilines is 1. The van der Waals surface area contributed by atoms with Crippen LogP contribution in [-0.4, -0.2) is 50.5 Å². The second-order valence-corrected chi connectivity index (χ2v) is 14.6. The maximum Gasteiger partial charge on any atom is 0.264 e. The summed E-state index contributed by atoms with van der Waals surface area (Å²) in [6, 6.07) is 11.4. The summed E-state index contributed by atoms with van der Waals surface area (Å²) in [5.74, 6) is 0.479. The van der Waals surface area contributed by atoms with E-state index in [1.54, 1.807) is 25.1 Å². The first-order valence-corrected chi connectivity index (χ1v) is 16.3. The van der Waals surface area contributed by atoms with Crippen molar-refractivity contribution in [1.82, 2.24) is 4.72 Å². The molecule has 9 heteroatoms. The van der Waals surface area contributed by atoms with Crippen LogP contribution in [0.25, 0.3) is 0 Å². The molecule has 1 amide bonds. The number of halogens is 1. The van der Waals surface area contributed by atoms with Crippen molar-refractivity contribution in [3.05, 3.63) is 70.3 Å². The molecule has 2 bridgehead atoms. The fourth-order valence-electron chi connectivity index (χ4n) is 6.96. The Kier molecular flexibility index (Phi) is 7.38. The summed E-state index contributed by atoms with van der Waals surface area (Å²) >= 11 is 6.37. The van der Waals surface area contributed by atoms with E-state index >= 15 is 0 Å². The lowest BCUT2D eigenvalue weighted by atomic mass is 9.68. The van der Waals surface area contributed by atoms with Crippen molar-refractivity contribution in [2.45, 2.75) is 68.6 Å². The molecule has 0 aromatic heterocycles. The van der Waals surface area contributed by atoms with Gasteiger partial charge in [-0.3, -0.25) is 4.79 Å². The number of nitrogens with one attached hydrogen (secondary N) is 1. The van der Waals surface area contributed by atoms with Crippen LogP contribution in [0.5, 0.6) is 5.75 Å². The fraction of sp³-hybridized carbons (Fsp3) is 0.516. The highest BCUT2D eigenvalue weighted by atomic mass is 35.5. The van der Waals surface area contributed by atoms with E-state index in [0.717, 1.165) is 49.4 Å². The highest BCUT2D eigenvalue weighted by Crippen LogP contribution is 2.46. The Labute approximate surface area is 241 Å². The normalized spacial score (nSPS) is 32.5. The van der Waals surface area contributed by atoms with Gasteiger partial charge in [-0.2, -0.15) is 0 Å². The predicted molar refractivity (Wildman–Crippen MR) is 157 cm³/mol. The molecule has 2 aromatic carbocycles. The van der Waals surface area contributed by atoms with Crippen LogP contribution in [0, 0.1) is 11.8 Å². The third kappa shape index (κ3) is 5.14. The summed E-state index contributed by atoms with van der Waals surface area (Å²) in [6.45, 7) is 3.52. The summed E-state index contributed by atoms with van der Waals surface area (Å²) in [5.41, 5.74) is 3.33. The molecule has 2 aromatic rings. The Morgan fingerprint density at radius 1 is 1.15 bits per heavy atom. The van der Waals surface area contributed by atoms with Gasteiger partial charge in [-0.25, -0.2) is 13.1 Å². The zero-order valence-corrected chi connectivity index (χ0v) is 24.4. The van der Waals surface area contributed by atoms with E-state index in [-0.39, 0.29) is 16.9 Å². The maximum absolute atomic E-state index is 13.2. The molecule has 4 aliphatic rings. The van der Waals surface area contributed by atoms with Crippen LogP contribution >= 0.6 is 11.6 Å². The van der Waals surface area contributed by atoms with Crippen molar-refractivity contribution in [3.8, 4) is 5.75 Å². The molecule has 0 saturated heterocycles. The smallest absolute Gasteiger partial charge is 0.264 e. The van der Waals surface area contributed by atoms with Gasteiger partial charge < -0.3 is 14.7 Å². The van der Waals surface area contributed by atoms with E-state index in [9.17, 15) is 18.3 Å². The van der Waals surface area contributed by atoms with Gasteiger partial charge in [-0.1, -0.05) is 29.8 Å². The SMILES string of the molecule is C[C@@H]1CC/C=C/[C@H](O)[C@@H]2CC[C@H]2CN2C[C@@]3(CCCc4cc(Cl)ccc43)COc3ccc(cc32)C(=O)NS1(=O)=O. The molecule has 1 saturated carbocycles. The van der Waals surface area contributed by atoms with Crippen molar-refractivity contribution < 1.29 is 23.1 Å². The zero-order valence-electron chi connectivity index (χ0n) is 22.8. The van der Waals surface area contributed by atoms with E-state index in [2.05, 4.69) is 21.8 Å². The lowest BCUT2D eigenvalue weighted by Crippen LogP contribution is -2.49. The van der Waals surface area contributed by atoms with Gasteiger partial charge in [-0.15, -0.1) is 0 Å². The predicted octanol–water partition coefficient (Wildman–Crippen LogP) is 5.00. The molecule has 2 N–H and O–H groups in total. The first kappa shape index (κ1) is 27.6. The van der Waals surface area contributed by atoms with Gasteiger partial charge in [0.1, 0.15) is 5.75 Å². The summed E-state index contributed by atoms with van der Waals surface area (Å²) < 4.78 is 34.6. The second kappa shape index (κ2) is 10.7. The minimum atomic E-state index is -3.86. The highest BCUT2D eigenvalue weighted by molar-refractivity contribution is 7.90. The van der Waals surface area contributed by atoms with Crippen molar-refractivity contribution in [3.63, 3.8) is 0 Å². The van der Waals surface area contributed by atoms with Gasteiger partial charge in [0, 0.05) is 29.1 Å². The Balaban J connectivity index is 1.42. The first-order chi connectivity index (χ1) is 19.1. The summed E-state index contributed by atoms with van der Waals surface area (Å²) in [4.78, 5) is 15.5. The number of carbonyl (C=O) groups excluding carboxylic acids is 1. The van der Waals surface area contributed by atoms with Gasteiger partial charge in [0.15, 0.2) is 0 Å². The van der Waals surface area contributed by atoms with Crippen molar-refractivity contribution in [2.75, 3.05) is 24.6 Å². The minimum Gasteiger partial charge on any atom is -0.490 e. The summed E-state index contributed by atoms with van der Waals surface area (Å²) in [6.07, 6.45) is 8.95. The largest absolute Gasteiger partial charge is 0.490 e. The molecular weight excluding hydrogens is 548 g/mol. The number of benzene rings is 2. The number of aryl methyl sites for hydroxylation is 1. The number of nitrogens with zero attached hydrogens (tertiary/aromatic N) is 1. The number of amides is 1. The Hall–Kier alpha value is -2.55. The van der Waals surface area contributed by atoms with Crippen LogP contribution in [0.1, 0.15) is 66.9 Å². The lowest BCUT2D eigenvalue weighted by molar-refractivity contribution is 0.0456. The lowest BCUT2D eigenvalue weighted by Gasteiger charge is -2.45. The van der Waals surface area contributed by atoms with Crippen LogP contribution in [0.15, 0.2) is 48.6 Å². The van der Waals surface area contributed by atoms with E-state index in [1.165, 1.54) is 11.1 Å². The van der Waals surface area contributed by atoms with Crippen LogP contribution in [-0.2, 0) is 21.9 Å². The number of allylic oxidation sites excluding steroid dienone is 1. The Morgan fingerprint density at radius 2 is 2.00 bits per heavy atom. The van der Waals surface area contributed by atoms with Crippen LogP contribution in [0.2, 0.25) is 5.02 Å². The molecule has 1 fully saturated rings. The second-order valence-electron chi connectivity index (χ2n) is 12.1. The summed E-state index contributed by atoms with van der Waals surface area (Å²) in [7, 11) is -3.86. The van der Waals surface area contributed by atoms with Gasteiger partial charge >= 0.3 is 0 Å². The third-order valence-corrected chi connectivity index (χ3v) is 11.5. The molecule has 214 valence electrons. The minimum absolute atomic E-state index is 0.137. The van der Waals surface area contributed by atoms with Crippen LogP contribution < -0.4 is 14.4 Å². The van der Waals surface area contributed by atoms with Gasteiger partial charge in [0.05, 0.1) is 23.6 Å². The maximum atomic E-state index is 13.2. The zero-order chi connectivity index (χ0) is 28.1. The fourth-order valence-corrected chi connectivity index (χ4v) is 8.18. The van der Waals surface area contributed by atoms with Crippen LogP contribution in [0.4, 0.5) is 5.69 Å². The van der Waals surface area contributed by atoms with Gasteiger partial charge in [0.25, 0.3) is 5.91 Å². The van der Waals surface area contributed by atoms with Gasteiger partial charge in [-0.05, 0) is 105 Å². The molecule has 7 nitrogen and oxygen atoms in total. The standard InChI is InChI=1S/C31H37ClN2O5S/c1-20-5-2-3-7-28(35)25-11-8-23(25)17-34-18-31(14-4-6-21-15-24(32)10-12-26(21)31)19-39-29-13-9-22(16-27(29)34)30(36)33-40(20,37)38/h3,7,9-10,12-13,15-16,20,23,25,28,35H,2,4-6,8,11,14,17-19H2,1H3,(H,33,36)/b7-3+/t20-,23+,25-,28+,31+/m1/s1. The first-order valence-electron chi connectivity index (χ1n) is 14.4. The van der Waals surface area contributed by atoms with Crippen molar-refractivity contribution >= 4 is 33.2 Å². The number of rotatable bonds is 0. The van der Waals surface area contributed by atoms with Crippen molar-refractivity contribution in [1.29, 1.82) is 0 Å². The monoisotopic (exact) mass is 584 g/mol. The molecule has 2 aliphatic carbocycles. The van der Waals surface area contributed by atoms with Crippen molar-refractivity contribution in [2.24, 2.45) is 11.8 Å². The number of hydrogen-bond acceptors (Lipinski definition) is 6. The van der Waals surface area contributed by atoms with Crippen LogP contribution in [0.3, 0.4) is 0 Å². The molecule has 0 unspecified atom stereocenters. The number of sulfonamides is 1. The number of hydrogen-bond donors (Lipinski definition) is 2. The Morgan fingerprint density at radius 3 is 2.80 bits per heavy atom. The van der Waals surface area contributed by atoms with E-state index < -0.39 is 27.3 Å². The van der Waals surface area contributed by atoms with E-state index in [0.29, 0.717) is 37.7 Å². The van der Waals surface area contributed by atoms with Gasteiger partial charge in [0.2, 0.25) is 10.0 Å². The highest BCUT2D eigenvalue weighted by Gasteiger charge is 2.44. The number of aliphatic hydroxyl groups excluding tert-OH is 1. The summed E-state index contributed by atoms with van der Waals surface area (Å²) in [5, 5.41) is 11.0. The molecule has 6 rings (SSSR count). The average Bonchev–Trinajstić information content (AvgIpc) is 3.05.